The first-order valence-corrected chi connectivity index (χ1v) is 9.46. The van der Waals surface area contributed by atoms with Gasteiger partial charge in [0.2, 0.25) is 0 Å². The Labute approximate surface area is 180 Å². The van der Waals surface area contributed by atoms with Gasteiger partial charge in [0.25, 0.3) is 5.91 Å². The average Bonchev–Trinajstić information content (AvgIpc) is 3.18. The molecule has 0 radical (unpaired) electrons. The van der Waals surface area contributed by atoms with Gasteiger partial charge in [-0.25, -0.2) is 13.8 Å². The van der Waals surface area contributed by atoms with Crippen LogP contribution in [-0.4, -0.2) is 15.9 Å². The van der Waals surface area contributed by atoms with Gasteiger partial charge in [-0.2, -0.15) is 5.26 Å². The van der Waals surface area contributed by atoms with Crippen LogP contribution in [0.2, 0.25) is 5.02 Å². The van der Waals surface area contributed by atoms with E-state index in [-0.39, 0.29) is 27.7 Å². The number of carbonyl (C=O) groups excluding carboxylic acids is 1. The van der Waals surface area contributed by atoms with Crippen molar-refractivity contribution >= 4 is 23.2 Å². The van der Waals surface area contributed by atoms with E-state index in [9.17, 15) is 18.8 Å². The molecule has 0 saturated heterocycles. The van der Waals surface area contributed by atoms with Crippen LogP contribution in [0.1, 0.15) is 16.1 Å². The molecule has 1 aromatic heterocycles. The predicted octanol–water partition coefficient (Wildman–Crippen LogP) is 5.80. The van der Waals surface area contributed by atoms with Crippen molar-refractivity contribution in [2.24, 2.45) is 0 Å². The van der Waals surface area contributed by atoms with E-state index in [1.165, 1.54) is 36.4 Å². The maximum Gasteiger partial charge on any atom is 0.255 e. The number of anilines is 1. The first-order chi connectivity index (χ1) is 15.0. The molecule has 0 aliphatic heterocycles. The first-order valence-electron chi connectivity index (χ1n) is 9.08. The zero-order valence-electron chi connectivity index (χ0n) is 15.8. The molecule has 0 atom stereocenters. The molecule has 1 amide bonds. The minimum Gasteiger partial charge on any atom is -0.329 e. The Balaban J connectivity index is 1.62. The van der Waals surface area contributed by atoms with Crippen molar-refractivity contribution in [3.63, 3.8) is 0 Å². The number of rotatable bonds is 4. The summed E-state index contributed by atoms with van der Waals surface area (Å²) in [7, 11) is 0. The number of halogens is 3. The summed E-state index contributed by atoms with van der Waals surface area (Å²) in [5.74, 6) is -1.39. The molecule has 0 spiro atoms. The molecule has 0 unspecified atom stereocenters. The predicted molar refractivity (Wildman–Crippen MR) is 113 cm³/mol. The second-order valence-electron chi connectivity index (χ2n) is 6.56. The second-order valence-corrected chi connectivity index (χ2v) is 6.97. The molecule has 0 bridgehead atoms. The molecule has 0 aliphatic rings. The Morgan fingerprint density at radius 1 is 1.06 bits per heavy atom. The number of hydrogen-bond acceptors (Lipinski definition) is 3. The van der Waals surface area contributed by atoms with Gasteiger partial charge in [0, 0.05) is 16.8 Å². The average molecular weight is 435 g/mol. The molecule has 31 heavy (non-hydrogen) atoms. The summed E-state index contributed by atoms with van der Waals surface area (Å²) in [5, 5.41) is 12.3. The van der Waals surface area contributed by atoms with Gasteiger partial charge in [-0.05, 0) is 42.5 Å². The number of H-pyrrole nitrogens is 1. The van der Waals surface area contributed by atoms with Gasteiger partial charge >= 0.3 is 0 Å². The van der Waals surface area contributed by atoms with Crippen LogP contribution < -0.4 is 5.32 Å². The lowest BCUT2D eigenvalue weighted by molar-refractivity contribution is 0.102. The van der Waals surface area contributed by atoms with Crippen LogP contribution in [0.4, 0.5) is 14.5 Å². The highest BCUT2D eigenvalue weighted by Crippen LogP contribution is 2.32. The molecule has 3 aromatic carbocycles. The lowest BCUT2D eigenvalue weighted by Crippen LogP contribution is -2.11. The van der Waals surface area contributed by atoms with E-state index in [0.29, 0.717) is 16.9 Å². The molecule has 2 N–H and O–H groups in total. The number of nitriles is 1. The number of hydrogen-bond donors (Lipinski definition) is 2. The van der Waals surface area contributed by atoms with Crippen LogP contribution in [0.5, 0.6) is 0 Å². The Morgan fingerprint density at radius 3 is 2.48 bits per heavy atom. The molecule has 0 aliphatic carbocycles. The SMILES string of the molecule is N#Cc1[nH]c(-c2c(F)cccc2Cl)nc1-c1ccc(NC(=O)c2cccc(F)c2)cc1. The highest BCUT2D eigenvalue weighted by atomic mass is 35.5. The van der Waals surface area contributed by atoms with Gasteiger partial charge in [-0.15, -0.1) is 0 Å². The standard InChI is InChI=1S/C23H13ClF2N4O/c24-17-5-2-6-18(26)20(17)22-29-19(12-27)21(30-22)13-7-9-16(10-8-13)28-23(31)14-3-1-4-15(25)11-14/h1-11H,(H,28,31)(H,29,30). The van der Waals surface area contributed by atoms with Crippen LogP contribution in [0.25, 0.3) is 22.6 Å². The van der Waals surface area contributed by atoms with Gasteiger partial charge < -0.3 is 10.3 Å². The normalized spacial score (nSPS) is 10.5. The third kappa shape index (κ3) is 4.15. The fraction of sp³-hybridized carbons (Fsp3) is 0. The molecule has 1 heterocycles. The highest BCUT2D eigenvalue weighted by Gasteiger charge is 2.18. The second kappa shape index (κ2) is 8.38. The summed E-state index contributed by atoms with van der Waals surface area (Å²) in [6.07, 6.45) is 0. The first kappa shape index (κ1) is 20.3. The molecule has 8 heteroatoms. The fourth-order valence-electron chi connectivity index (χ4n) is 3.05. The lowest BCUT2D eigenvalue weighted by atomic mass is 10.1. The zero-order chi connectivity index (χ0) is 22.0. The zero-order valence-corrected chi connectivity index (χ0v) is 16.5. The molecule has 152 valence electrons. The number of benzene rings is 3. The number of aromatic amines is 1. The Bertz CT molecular complexity index is 1310. The van der Waals surface area contributed by atoms with Crippen molar-refractivity contribution in [2.75, 3.05) is 5.32 Å². The van der Waals surface area contributed by atoms with Crippen LogP contribution in [0.3, 0.4) is 0 Å². The number of nitrogens with one attached hydrogen (secondary N) is 2. The molecule has 5 nitrogen and oxygen atoms in total. The fourth-order valence-corrected chi connectivity index (χ4v) is 3.30. The van der Waals surface area contributed by atoms with E-state index >= 15 is 0 Å². The molecular weight excluding hydrogens is 422 g/mol. The Kier molecular flexibility index (Phi) is 5.48. The van der Waals surface area contributed by atoms with E-state index in [1.54, 1.807) is 24.3 Å². The highest BCUT2D eigenvalue weighted by molar-refractivity contribution is 6.33. The van der Waals surface area contributed by atoms with Crippen molar-refractivity contribution in [1.82, 2.24) is 9.97 Å². The quantitative estimate of drug-likeness (QED) is 0.426. The number of amides is 1. The van der Waals surface area contributed by atoms with Gasteiger partial charge in [0.1, 0.15) is 34.9 Å². The van der Waals surface area contributed by atoms with Crippen molar-refractivity contribution < 1.29 is 13.6 Å². The van der Waals surface area contributed by atoms with Gasteiger partial charge in [0.05, 0.1) is 10.6 Å². The van der Waals surface area contributed by atoms with Gasteiger partial charge in [-0.1, -0.05) is 35.9 Å². The largest absolute Gasteiger partial charge is 0.329 e. The Morgan fingerprint density at radius 2 is 1.81 bits per heavy atom. The van der Waals surface area contributed by atoms with Crippen LogP contribution in [0, 0.1) is 23.0 Å². The minimum absolute atomic E-state index is 0.0749. The van der Waals surface area contributed by atoms with E-state index in [1.807, 2.05) is 6.07 Å². The summed E-state index contributed by atoms with van der Waals surface area (Å²) in [5.41, 5.74) is 1.78. The molecule has 0 fully saturated rings. The number of carbonyl (C=O) groups is 1. The number of imidazole rings is 1. The van der Waals surface area contributed by atoms with Crippen molar-refractivity contribution in [2.45, 2.75) is 0 Å². The number of nitrogens with zero attached hydrogens (tertiary/aromatic N) is 2. The van der Waals surface area contributed by atoms with Gasteiger partial charge in [0.15, 0.2) is 0 Å². The molecular formula is C23H13ClF2N4O. The summed E-state index contributed by atoms with van der Waals surface area (Å²) in [6.45, 7) is 0. The van der Waals surface area contributed by atoms with Crippen molar-refractivity contribution in [3.8, 4) is 28.7 Å². The topological polar surface area (TPSA) is 81.6 Å². The molecule has 4 rings (SSSR count). The third-order valence-corrected chi connectivity index (χ3v) is 4.83. The molecule has 0 saturated carbocycles. The maximum atomic E-state index is 14.2. The Hall–Kier alpha value is -4.02. The van der Waals surface area contributed by atoms with Crippen LogP contribution in [-0.2, 0) is 0 Å². The van der Waals surface area contributed by atoms with E-state index < -0.39 is 17.5 Å². The number of aromatic nitrogens is 2. The summed E-state index contributed by atoms with van der Waals surface area (Å²) in [4.78, 5) is 19.4. The smallest absolute Gasteiger partial charge is 0.255 e. The minimum atomic E-state index is -0.562. The maximum absolute atomic E-state index is 14.2. The third-order valence-electron chi connectivity index (χ3n) is 4.52. The summed E-state index contributed by atoms with van der Waals surface area (Å²) in [6, 6.07) is 18.2. The van der Waals surface area contributed by atoms with E-state index in [0.717, 1.165) is 6.07 Å². The van der Waals surface area contributed by atoms with Crippen molar-refractivity contribution in [3.05, 3.63) is 94.6 Å². The van der Waals surface area contributed by atoms with Crippen LogP contribution in [0.15, 0.2) is 66.7 Å². The molecule has 4 aromatic rings. The monoisotopic (exact) mass is 434 g/mol. The van der Waals surface area contributed by atoms with Crippen LogP contribution >= 0.6 is 11.6 Å². The lowest BCUT2D eigenvalue weighted by Gasteiger charge is -2.06. The summed E-state index contributed by atoms with van der Waals surface area (Å²) < 4.78 is 27.5. The summed E-state index contributed by atoms with van der Waals surface area (Å²) >= 11 is 6.10. The van der Waals surface area contributed by atoms with E-state index in [4.69, 9.17) is 11.6 Å². The van der Waals surface area contributed by atoms with Crippen molar-refractivity contribution in [1.29, 1.82) is 5.26 Å². The van der Waals surface area contributed by atoms with Gasteiger partial charge in [-0.3, -0.25) is 4.79 Å². The van der Waals surface area contributed by atoms with E-state index in [2.05, 4.69) is 15.3 Å².